The van der Waals surface area contributed by atoms with Crippen LogP contribution in [0.15, 0.2) is 48.5 Å². The van der Waals surface area contributed by atoms with Crippen LogP contribution in [0.3, 0.4) is 0 Å². The van der Waals surface area contributed by atoms with Gasteiger partial charge in [0.25, 0.3) is 5.91 Å². The number of halogens is 1. The average Bonchev–Trinajstić information content (AvgIpc) is 2.75. The molecule has 1 saturated heterocycles. The third-order valence-electron chi connectivity index (χ3n) is 5.26. The molecule has 6 heteroatoms. The van der Waals surface area contributed by atoms with Crippen molar-refractivity contribution in [3.63, 3.8) is 0 Å². The van der Waals surface area contributed by atoms with Crippen LogP contribution in [0.25, 0.3) is 0 Å². The highest BCUT2D eigenvalue weighted by Gasteiger charge is 2.33. The smallest absolute Gasteiger partial charge is 0.265 e. The second-order valence-corrected chi connectivity index (χ2v) is 7.19. The second-order valence-electron chi connectivity index (χ2n) is 7.19. The molecule has 1 fully saturated rings. The second kappa shape index (κ2) is 8.50. The maximum absolute atomic E-state index is 13.8. The highest BCUT2D eigenvalue weighted by molar-refractivity contribution is 5.83. The van der Waals surface area contributed by atoms with E-state index in [0.717, 1.165) is 31.6 Å². The van der Waals surface area contributed by atoms with Crippen molar-refractivity contribution in [2.75, 3.05) is 37.7 Å². The summed E-state index contributed by atoms with van der Waals surface area (Å²) in [7, 11) is 0. The third-order valence-corrected chi connectivity index (χ3v) is 5.26. The molecule has 1 atom stereocenters. The lowest BCUT2D eigenvalue weighted by Crippen LogP contribution is -2.52. The van der Waals surface area contributed by atoms with Crippen molar-refractivity contribution in [2.24, 2.45) is 0 Å². The number of para-hydroxylation sites is 3. The number of anilines is 1. The molecule has 0 radical (unpaired) electrons. The lowest BCUT2D eigenvalue weighted by Gasteiger charge is -2.38. The van der Waals surface area contributed by atoms with Crippen molar-refractivity contribution in [2.45, 2.75) is 25.4 Å². The fourth-order valence-electron chi connectivity index (χ4n) is 3.79. The summed E-state index contributed by atoms with van der Waals surface area (Å²) in [6.07, 6.45) is 2.75. The Balaban J connectivity index is 1.44. The molecule has 0 saturated carbocycles. The molecule has 0 aliphatic carbocycles. The van der Waals surface area contributed by atoms with E-state index in [-0.39, 0.29) is 17.5 Å². The number of carbonyl (C=O) groups is 1. The van der Waals surface area contributed by atoms with Crippen molar-refractivity contribution in [3.8, 4) is 11.5 Å². The average molecular weight is 384 g/mol. The van der Waals surface area contributed by atoms with Crippen LogP contribution in [0.1, 0.15) is 19.3 Å². The Morgan fingerprint density at radius 2 is 1.82 bits per heavy atom. The summed E-state index contributed by atoms with van der Waals surface area (Å²) in [6, 6.07) is 14.1. The molecular weight excluding hydrogens is 359 g/mol. The van der Waals surface area contributed by atoms with Crippen molar-refractivity contribution in [1.29, 1.82) is 0 Å². The maximum atomic E-state index is 13.8. The highest BCUT2D eigenvalue weighted by atomic mass is 19.1. The molecule has 4 rings (SSSR count). The Kier molecular flexibility index (Phi) is 5.65. The normalized spacial score (nSPS) is 19.0. The van der Waals surface area contributed by atoms with Gasteiger partial charge in [0.05, 0.1) is 18.8 Å². The molecule has 0 unspecified atom stereocenters. The van der Waals surface area contributed by atoms with E-state index in [4.69, 9.17) is 9.47 Å². The van der Waals surface area contributed by atoms with Crippen molar-refractivity contribution in [1.82, 2.24) is 4.90 Å². The van der Waals surface area contributed by atoms with Gasteiger partial charge in [0, 0.05) is 13.1 Å². The van der Waals surface area contributed by atoms with Gasteiger partial charge in [-0.2, -0.15) is 0 Å². The topological polar surface area (TPSA) is 42.0 Å². The van der Waals surface area contributed by atoms with E-state index in [1.165, 1.54) is 12.5 Å². The zero-order valence-electron chi connectivity index (χ0n) is 15.9. The molecule has 0 bridgehead atoms. The number of fused-ring (bicyclic) bond motifs is 1. The molecular formula is C22H25FN2O3. The number of rotatable bonds is 5. The van der Waals surface area contributed by atoms with E-state index in [2.05, 4.69) is 4.90 Å². The summed E-state index contributed by atoms with van der Waals surface area (Å²) in [6.45, 7) is 2.93. The molecule has 2 aromatic carbocycles. The summed E-state index contributed by atoms with van der Waals surface area (Å²) in [5, 5.41) is 0. The Labute approximate surface area is 164 Å². The molecule has 2 aliphatic heterocycles. The van der Waals surface area contributed by atoms with Gasteiger partial charge in [0.2, 0.25) is 0 Å². The lowest BCUT2D eigenvalue weighted by atomic mass is 10.1. The first-order valence-corrected chi connectivity index (χ1v) is 9.89. The Morgan fingerprint density at radius 3 is 2.64 bits per heavy atom. The van der Waals surface area contributed by atoms with Gasteiger partial charge in [-0.15, -0.1) is 0 Å². The monoisotopic (exact) mass is 384 g/mol. The first kappa shape index (κ1) is 18.6. The quantitative estimate of drug-likeness (QED) is 0.792. The SMILES string of the molecule is O=C([C@H]1CN(CCOc2ccccc2F)c2ccccc2O1)N1CCCCC1. The number of ether oxygens (including phenoxy) is 2. The predicted molar refractivity (Wildman–Crippen MR) is 105 cm³/mol. The molecule has 2 aliphatic rings. The van der Waals surface area contributed by atoms with Crippen LogP contribution in [0.2, 0.25) is 0 Å². The Morgan fingerprint density at radius 1 is 1.07 bits per heavy atom. The summed E-state index contributed by atoms with van der Waals surface area (Å²) in [4.78, 5) is 16.9. The third kappa shape index (κ3) is 4.06. The Bertz CT molecular complexity index is 823. The highest BCUT2D eigenvalue weighted by Crippen LogP contribution is 2.33. The van der Waals surface area contributed by atoms with Gasteiger partial charge in [-0.25, -0.2) is 4.39 Å². The van der Waals surface area contributed by atoms with Crippen LogP contribution in [0.4, 0.5) is 10.1 Å². The first-order valence-electron chi connectivity index (χ1n) is 9.89. The van der Waals surface area contributed by atoms with Gasteiger partial charge in [0.15, 0.2) is 17.7 Å². The first-order chi connectivity index (χ1) is 13.7. The van der Waals surface area contributed by atoms with Gasteiger partial charge >= 0.3 is 0 Å². The zero-order chi connectivity index (χ0) is 19.3. The largest absolute Gasteiger partial charge is 0.489 e. The van der Waals surface area contributed by atoms with Crippen LogP contribution < -0.4 is 14.4 Å². The fourth-order valence-corrected chi connectivity index (χ4v) is 3.79. The van der Waals surface area contributed by atoms with Gasteiger partial charge in [-0.3, -0.25) is 4.79 Å². The van der Waals surface area contributed by atoms with E-state index >= 15 is 0 Å². The lowest BCUT2D eigenvalue weighted by molar-refractivity contribution is -0.139. The van der Waals surface area contributed by atoms with Crippen LogP contribution in [0, 0.1) is 5.82 Å². The molecule has 2 heterocycles. The van der Waals surface area contributed by atoms with Gasteiger partial charge in [0.1, 0.15) is 12.4 Å². The van der Waals surface area contributed by atoms with E-state index < -0.39 is 6.10 Å². The molecule has 0 N–H and O–H groups in total. The van der Waals surface area contributed by atoms with E-state index in [0.29, 0.717) is 25.4 Å². The van der Waals surface area contributed by atoms with E-state index in [1.807, 2.05) is 29.2 Å². The van der Waals surface area contributed by atoms with Crippen molar-refractivity contribution >= 4 is 11.6 Å². The minimum Gasteiger partial charge on any atom is -0.489 e. The van der Waals surface area contributed by atoms with Crippen LogP contribution in [-0.4, -0.2) is 49.7 Å². The molecule has 0 spiro atoms. The number of hydrogen-bond acceptors (Lipinski definition) is 4. The number of benzene rings is 2. The number of piperidine rings is 1. The summed E-state index contributed by atoms with van der Waals surface area (Å²) in [5.74, 6) is 0.622. The van der Waals surface area contributed by atoms with Gasteiger partial charge < -0.3 is 19.3 Å². The minimum absolute atomic E-state index is 0.0502. The number of carbonyl (C=O) groups excluding carboxylic acids is 1. The number of nitrogens with zero attached hydrogens (tertiary/aromatic N) is 2. The summed E-state index contributed by atoms with van der Waals surface area (Å²) < 4.78 is 25.4. The van der Waals surface area contributed by atoms with Crippen LogP contribution >= 0.6 is 0 Å². The summed E-state index contributed by atoms with van der Waals surface area (Å²) in [5.41, 5.74) is 0.933. The summed E-state index contributed by atoms with van der Waals surface area (Å²) >= 11 is 0. The molecule has 148 valence electrons. The van der Waals surface area contributed by atoms with Crippen molar-refractivity contribution < 1.29 is 18.7 Å². The number of amides is 1. The van der Waals surface area contributed by atoms with Gasteiger partial charge in [-0.05, 0) is 43.5 Å². The number of hydrogen-bond donors (Lipinski definition) is 0. The van der Waals surface area contributed by atoms with Crippen LogP contribution in [-0.2, 0) is 4.79 Å². The predicted octanol–water partition coefficient (Wildman–Crippen LogP) is 3.48. The molecule has 5 nitrogen and oxygen atoms in total. The standard InChI is InChI=1S/C22H25FN2O3/c23-17-8-2-4-10-19(17)27-15-14-25-16-21(22(26)24-12-6-1-7-13-24)28-20-11-5-3-9-18(20)25/h2-5,8-11,21H,1,6-7,12-16H2/t21-/m1/s1. The Hall–Kier alpha value is -2.76. The number of likely N-dealkylation sites (tertiary alicyclic amines) is 1. The molecule has 2 aromatic rings. The molecule has 0 aromatic heterocycles. The van der Waals surface area contributed by atoms with Crippen LogP contribution in [0.5, 0.6) is 11.5 Å². The van der Waals surface area contributed by atoms with Crippen molar-refractivity contribution in [3.05, 3.63) is 54.3 Å². The van der Waals surface area contributed by atoms with E-state index in [9.17, 15) is 9.18 Å². The van der Waals surface area contributed by atoms with Gasteiger partial charge in [-0.1, -0.05) is 24.3 Å². The fraction of sp³-hybridized carbons (Fsp3) is 0.409. The minimum atomic E-state index is -0.526. The molecule has 1 amide bonds. The maximum Gasteiger partial charge on any atom is 0.265 e. The molecule has 28 heavy (non-hydrogen) atoms. The zero-order valence-corrected chi connectivity index (χ0v) is 15.9. The van der Waals surface area contributed by atoms with E-state index in [1.54, 1.807) is 18.2 Å².